The first-order valence-corrected chi connectivity index (χ1v) is 11.3. The molecule has 1 N–H and O–H groups in total. The minimum Gasteiger partial charge on any atom is -0.354 e. The van der Waals surface area contributed by atoms with E-state index < -0.39 is 6.04 Å². The maximum Gasteiger partial charge on any atom is 0.242 e. The lowest BCUT2D eigenvalue weighted by molar-refractivity contribution is -0.139. The number of carbonyl (C=O) groups excluding carboxylic acids is 2. The molecule has 2 aromatic rings. The van der Waals surface area contributed by atoms with Gasteiger partial charge in [0.2, 0.25) is 11.8 Å². The number of benzene rings is 2. The van der Waals surface area contributed by atoms with Gasteiger partial charge < -0.3 is 10.2 Å². The van der Waals surface area contributed by atoms with Crippen LogP contribution in [0.15, 0.2) is 59.5 Å². The lowest BCUT2D eigenvalue weighted by Crippen LogP contribution is -2.50. The molecule has 0 fully saturated rings. The molecular formula is C23H29ClN2O2S. The molecule has 0 radical (unpaired) electrons. The Labute approximate surface area is 183 Å². The van der Waals surface area contributed by atoms with Gasteiger partial charge in [-0.3, -0.25) is 9.59 Å². The van der Waals surface area contributed by atoms with E-state index in [2.05, 4.69) is 19.2 Å². The molecule has 0 bridgehead atoms. The summed E-state index contributed by atoms with van der Waals surface area (Å²) in [6.07, 6.45) is 0.564. The molecule has 0 heterocycles. The standard InChI is InChI=1S/C23H29ClN2O2S/c1-4-21(23(28)25-14-17(2)3)26(15-18-8-6-5-7-9-18)22(27)16-29-20-12-10-19(24)11-13-20/h5-13,17,21H,4,14-16H2,1-3H3,(H,25,28)/t21-/m0/s1. The molecule has 0 aliphatic carbocycles. The van der Waals surface area contributed by atoms with Crippen molar-refractivity contribution in [3.05, 3.63) is 65.2 Å². The molecule has 1 atom stereocenters. The molecule has 0 aliphatic rings. The Morgan fingerprint density at radius 3 is 2.31 bits per heavy atom. The highest BCUT2D eigenvalue weighted by Gasteiger charge is 2.28. The molecule has 4 nitrogen and oxygen atoms in total. The second-order valence-electron chi connectivity index (χ2n) is 7.31. The van der Waals surface area contributed by atoms with Crippen molar-refractivity contribution in [1.82, 2.24) is 10.2 Å². The van der Waals surface area contributed by atoms with Gasteiger partial charge >= 0.3 is 0 Å². The largest absolute Gasteiger partial charge is 0.354 e. The monoisotopic (exact) mass is 432 g/mol. The molecule has 6 heteroatoms. The van der Waals surface area contributed by atoms with Crippen molar-refractivity contribution in [2.75, 3.05) is 12.3 Å². The number of amides is 2. The zero-order valence-electron chi connectivity index (χ0n) is 17.2. The van der Waals surface area contributed by atoms with Crippen molar-refractivity contribution in [2.24, 2.45) is 5.92 Å². The fourth-order valence-corrected chi connectivity index (χ4v) is 3.79. The van der Waals surface area contributed by atoms with Crippen molar-refractivity contribution in [3.8, 4) is 0 Å². The molecule has 0 spiro atoms. The fourth-order valence-electron chi connectivity index (χ4n) is 2.88. The number of rotatable bonds is 10. The van der Waals surface area contributed by atoms with E-state index in [9.17, 15) is 9.59 Å². The average molecular weight is 433 g/mol. The van der Waals surface area contributed by atoms with Gasteiger partial charge in [-0.15, -0.1) is 11.8 Å². The van der Waals surface area contributed by atoms with Gasteiger partial charge in [0, 0.05) is 23.0 Å². The number of nitrogens with zero attached hydrogens (tertiary/aromatic N) is 1. The van der Waals surface area contributed by atoms with Crippen LogP contribution >= 0.6 is 23.4 Å². The number of hydrogen-bond acceptors (Lipinski definition) is 3. The number of halogens is 1. The Hall–Kier alpha value is -1.98. The van der Waals surface area contributed by atoms with Crippen LogP contribution < -0.4 is 5.32 Å². The number of hydrogen-bond donors (Lipinski definition) is 1. The van der Waals surface area contributed by atoms with Crippen LogP contribution in [0.2, 0.25) is 5.02 Å². The van der Waals surface area contributed by atoms with E-state index in [-0.39, 0.29) is 17.6 Å². The Balaban J connectivity index is 2.14. The third-order valence-electron chi connectivity index (χ3n) is 4.44. The molecular weight excluding hydrogens is 404 g/mol. The van der Waals surface area contributed by atoms with Crippen LogP contribution in [0.3, 0.4) is 0 Å². The molecule has 0 aromatic heterocycles. The van der Waals surface area contributed by atoms with E-state index in [4.69, 9.17) is 11.6 Å². The lowest BCUT2D eigenvalue weighted by atomic mass is 10.1. The van der Waals surface area contributed by atoms with Gasteiger partial charge in [-0.2, -0.15) is 0 Å². The topological polar surface area (TPSA) is 49.4 Å². The first-order chi connectivity index (χ1) is 13.9. The van der Waals surface area contributed by atoms with Crippen molar-refractivity contribution >= 4 is 35.2 Å². The summed E-state index contributed by atoms with van der Waals surface area (Å²) in [6.45, 7) is 7.06. The van der Waals surface area contributed by atoms with E-state index in [1.807, 2.05) is 61.5 Å². The summed E-state index contributed by atoms with van der Waals surface area (Å²) in [7, 11) is 0. The van der Waals surface area contributed by atoms with Gasteiger partial charge in [-0.25, -0.2) is 0 Å². The average Bonchev–Trinajstić information content (AvgIpc) is 2.72. The third kappa shape index (κ3) is 7.75. The zero-order chi connectivity index (χ0) is 21.2. The van der Waals surface area contributed by atoms with Crippen molar-refractivity contribution in [1.29, 1.82) is 0 Å². The highest BCUT2D eigenvalue weighted by molar-refractivity contribution is 8.00. The number of nitrogens with one attached hydrogen (secondary N) is 1. The normalized spacial score (nSPS) is 11.9. The van der Waals surface area contributed by atoms with Crippen LogP contribution in [0.1, 0.15) is 32.8 Å². The highest BCUT2D eigenvalue weighted by Crippen LogP contribution is 2.22. The lowest BCUT2D eigenvalue weighted by Gasteiger charge is -2.31. The summed E-state index contributed by atoms with van der Waals surface area (Å²) >= 11 is 7.39. The van der Waals surface area contributed by atoms with E-state index in [0.717, 1.165) is 10.5 Å². The van der Waals surface area contributed by atoms with Crippen LogP contribution in [0, 0.1) is 5.92 Å². The molecule has 156 valence electrons. The number of thioether (sulfide) groups is 1. The van der Waals surface area contributed by atoms with Crippen LogP contribution in [-0.4, -0.2) is 35.1 Å². The van der Waals surface area contributed by atoms with Crippen LogP contribution in [0.25, 0.3) is 0 Å². The van der Waals surface area contributed by atoms with E-state index in [0.29, 0.717) is 30.5 Å². The Bertz CT molecular complexity index is 781. The van der Waals surface area contributed by atoms with E-state index >= 15 is 0 Å². The van der Waals surface area contributed by atoms with Gasteiger partial charge in [0.15, 0.2) is 0 Å². The molecule has 2 rings (SSSR count). The summed E-state index contributed by atoms with van der Waals surface area (Å²) in [6, 6.07) is 16.7. The van der Waals surface area contributed by atoms with Gasteiger partial charge in [-0.1, -0.05) is 62.7 Å². The van der Waals surface area contributed by atoms with Crippen molar-refractivity contribution < 1.29 is 9.59 Å². The predicted molar refractivity (Wildman–Crippen MR) is 121 cm³/mol. The summed E-state index contributed by atoms with van der Waals surface area (Å²) < 4.78 is 0. The van der Waals surface area contributed by atoms with E-state index in [1.54, 1.807) is 4.90 Å². The smallest absolute Gasteiger partial charge is 0.242 e. The summed E-state index contributed by atoms with van der Waals surface area (Å²) in [5.74, 6) is 0.472. The van der Waals surface area contributed by atoms with Crippen molar-refractivity contribution in [2.45, 2.75) is 44.7 Å². The third-order valence-corrected chi connectivity index (χ3v) is 5.69. The van der Waals surface area contributed by atoms with E-state index in [1.165, 1.54) is 11.8 Å². The quantitative estimate of drug-likeness (QED) is 0.537. The van der Waals surface area contributed by atoms with Gasteiger partial charge in [0.05, 0.1) is 5.75 Å². The summed E-state index contributed by atoms with van der Waals surface area (Å²) in [5.41, 5.74) is 1.01. The molecule has 2 aromatic carbocycles. The Morgan fingerprint density at radius 2 is 1.72 bits per heavy atom. The minimum absolute atomic E-state index is 0.0552. The first kappa shape index (κ1) is 23.3. The second kappa shape index (κ2) is 11.9. The summed E-state index contributed by atoms with van der Waals surface area (Å²) in [5, 5.41) is 3.65. The number of carbonyl (C=O) groups is 2. The molecule has 0 unspecified atom stereocenters. The second-order valence-corrected chi connectivity index (χ2v) is 8.80. The van der Waals surface area contributed by atoms with Gasteiger partial charge in [-0.05, 0) is 42.2 Å². The fraction of sp³-hybridized carbons (Fsp3) is 0.391. The Morgan fingerprint density at radius 1 is 1.07 bits per heavy atom. The summed E-state index contributed by atoms with van der Waals surface area (Å²) in [4.78, 5) is 28.6. The predicted octanol–water partition coefficient (Wildman–Crippen LogP) is 5.01. The van der Waals surface area contributed by atoms with Crippen molar-refractivity contribution in [3.63, 3.8) is 0 Å². The SMILES string of the molecule is CC[C@@H](C(=O)NCC(C)C)N(Cc1ccccc1)C(=O)CSc1ccc(Cl)cc1. The molecule has 0 saturated carbocycles. The first-order valence-electron chi connectivity index (χ1n) is 9.90. The van der Waals surface area contributed by atoms with Gasteiger partial charge in [0.25, 0.3) is 0 Å². The van der Waals surface area contributed by atoms with Crippen LogP contribution in [0.4, 0.5) is 0 Å². The zero-order valence-corrected chi connectivity index (χ0v) is 18.8. The molecule has 2 amide bonds. The molecule has 0 aliphatic heterocycles. The Kier molecular flexibility index (Phi) is 9.55. The molecule has 0 saturated heterocycles. The molecule has 29 heavy (non-hydrogen) atoms. The maximum atomic E-state index is 13.1. The highest BCUT2D eigenvalue weighted by atomic mass is 35.5. The van der Waals surface area contributed by atoms with Crippen LogP contribution in [-0.2, 0) is 16.1 Å². The van der Waals surface area contributed by atoms with Gasteiger partial charge in [0.1, 0.15) is 6.04 Å². The van der Waals surface area contributed by atoms with Crippen LogP contribution in [0.5, 0.6) is 0 Å². The maximum absolute atomic E-state index is 13.1. The minimum atomic E-state index is -0.493.